The van der Waals surface area contributed by atoms with E-state index in [2.05, 4.69) is 123 Å². The third-order valence-corrected chi connectivity index (χ3v) is 10.2. The highest BCUT2D eigenvalue weighted by Gasteiger charge is 2.45. The third-order valence-electron chi connectivity index (χ3n) is 6.65. The monoisotopic (exact) mass is 448 g/mol. The molecule has 4 aromatic rings. The van der Waals surface area contributed by atoms with E-state index in [0.717, 1.165) is 0 Å². The second kappa shape index (κ2) is 9.08. The number of hydrogen-bond donors (Lipinski definition) is 0. The minimum absolute atomic E-state index is 0.0976. The van der Waals surface area contributed by atoms with Crippen molar-refractivity contribution in [3.8, 4) is 22.3 Å². The topological polar surface area (TPSA) is 17.1 Å². The van der Waals surface area contributed by atoms with Crippen molar-refractivity contribution in [3.63, 3.8) is 0 Å². The third kappa shape index (κ3) is 4.31. The van der Waals surface area contributed by atoms with Crippen molar-refractivity contribution >= 4 is 19.0 Å². The minimum atomic E-state index is -0.686. The maximum Gasteiger partial charge on any atom is 0.134 e. The van der Waals surface area contributed by atoms with Gasteiger partial charge in [0.15, 0.2) is 0 Å². The molecule has 164 valence electrons. The first kappa shape index (κ1) is 21.8. The summed E-state index contributed by atoms with van der Waals surface area (Å²) >= 11 is 0. The Bertz CT molecular complexity index is 1190. The lowest BCUT2D eigenvalue weighted by molar-refractivity contribution is -0.119. The summed E-state index contributed by atoms with van der Waals surface area (Å²) in [5.41, 5.74) is 6.58. The van der Waals surface area contributed by atoms with Gasteiger partial charge in [-0.25, -0.2) is 0 Å². The van der Waals surface area contributed by atoms with Crippen LogP contribution < -0.4 is 5.30 Å². The van der Waals surface area contributed by atoms with E-state index in [0.29, 0.717) is 18.6 Å². The first-order chi connectivity index (χ1) is 16.0. The standard InChI is InChI=1S/C31H29OP/c1-31(2)22-26(32)21-29(25-17-10-5-11-18-25)33(31)30-27(23-13-6-3-7-14-23)19-12-20-28(30)24-15-8-4-9-16-24/h3-20,29H,21-22H2,1-2H3. The van der Waals surface area contributed by atoms with Crippen molar-refractivity contribution in [1.29, 1.82) is 0 Å². The van der Waals surface area contributed by atoms with Gasteiger partial charge in [0.05, 0.1) is 0 Å². The highest BCUT2D eigenvalue weighted by molar-refractivity contribution is 7.68. The maximum atomic E-state index is 13.0. The van der Waals surface area contributed by atoms with Crippen molar-refractivity contribution < 1.29 is 4.79 Å². The summed E-state index contributed by atoms with van der Waals surface area (Å²) in [4.78, 5) is 13.0. The quantitative estimate of drug-likeness (QED) is 0.289. The van der Waals surface area contributed by atoms with Gasteiger partial charge < -0.3 is 0 Å². The number of carbonyl (C=O) groups excluding carboxylic acids is 1. The molecule has 33 heavy (non-hydrogen) atoms. The van der Waals surface area contributed by atoms with Gasteiger partial charge in [0.25, 0.3) is 0 Å². The van der Waals surface area contributed by atoms with Crippen LogP contribution in [0.15, 0.2) is 109 Å². The first-order valence-electron chi connectivity index (χ1n) is 11.6. The largest absolute Gasteiger partial charge is 0.300 e. The number of carbonyl (C=O) groups is 1. The molecule has 2 heteroatoms. The lowest BCUT2D eigenvalue weighted by Crippen LogP contribution is -2.36. The summed E-state index contributed by atoms with van der Waals surface area (Å²) in [5, 5.41) is 1.33. The van der Waals surface area contributed by atoms with Crippen LogP contribution in [0, 0.1) is 0 Å². The van der Waals surface area contributed by atoms with Gasteiger partial charge in [0.2, 0.25) is 0 Å². The van der Waals surface area contributed by atoms with Gasteiger partial charge in [-0.2, -0.15) is 0 Å². The molecule has 0 radical (unpaired) electrons. The molecule has 0 amide bonds. The first-order valence-corrected chi connectivity index (χ1v) is 13.1. The van der Waals surface area contributed by atoms with Gasteiger partial charge in [-0.3, -0.25) is 4.79 Å². The molecule has 1 heterocycles. The van der Waals surface area contributed by atoms with Crippen molar-refractivity contribution in [2.75, 3.05) is 0 Å². The van der Waals surface area contributed by atoms with Gasteiger partial charge in [0, 0.05) is 18.5 Å². The molecule has 0 aliphatic carbocycles. The number of hydrogen-bond acceptors (Lipinski definition) is 1. The molecule has 0 aromatic heterocycles. The number of rotatable bonds is 4. The molecule has 1 saturated heterocycles. The summed E-state index contributed by atoms with van der Waals surface area (Å²) in [6.45, 7) is 4.62. The molecule has 0 N–H and O–H groups in total. The number of ketones is 1. The van der Waals surface area contributed by atoms with E-state index in [-0.39, 0.29) is 10.8 Å². The predicted molar refractivity (Wildman–Crippen MR) is 141 cm³/mol. The Morgan fingerprint density at radius 3 is 1.67 bits per heavy atom. The molecule has 2 atom stereocenters. The Labute approximate surface area is 198 Å². The van der Waals surface area contributed by atoms with E-state index in [1.54, 1.807) is 0 Å². The molecule has 0 spiro atoms. The highest BCUT2D eigenvalue weighted by Crippen LogP contribution is 2.67. The fourth-order valence-electron chi connectivity index (χ4n) is 5.27. The van der Waals surface area contributed by atoms with E-state index in [1.807, 2.05) is 0 Å². The van der Waals surface area contributed by atoms with Crippen molar-refractivity contribution in [2.45, 2.75) is 37.5 Å². The fourth-order valence-corrected chi connectivity index (χ4v) is 9.16. The van der Waals surface area contributed by atoms with E-state index >= 15 is 0 Å². The second-order valence-electron chi connectivity index (χ2n) is 9.46. The summed E-state index contributed by atoms with van der Waals surface area (Å²) in [6, 6.07) is 38.9. The summed E-state index contributed by atoms with van der Waals surface area (Å²) in [7, 11) is -0.686. The fraction of sp³-hybridized carbons (Fsp3) is 0.194. The maximum absolute atomic E-state index is 13.0. The van der Waals surface area contributed by atoms with Crippen LogP contribution in [0.1, 0.15) is 37.9 Å². The van der Waals surface area contributed by atoms with Crippen molar-refractivity contribution in [2.24, 2.45) is 0 Å². The summed E-state index contributed by atoms with van der Waals surface area (Å²) in [5.74, 6) is 0.381. The Hall–Kier alpha value is -3.02. The smallest absolute Gasteiger partial charge is 0.134 e. The van der Waals surface area contributed by atoms with Gasteiger partial charge in [-0.1, -0.05) is 131 Å². The van der Waals surface area contributed by atoms with Crippen LogP contribution in [0.3, 0.4) is 0 Å². The van der Waals surface area contributed by atoms with Gasteiger partial charge in [0.1, 0.15) is 5.78 Å². The zero-order chi connectivity index (χ0) is 22.8. The Morgan fingerprint density at radius 2 is 1.15 bits per heavy atom. The summed E-state index contributed by atoms with van der Waals surface area (Å²) in [6.07, 6.45) is 1.26. The van der Waals surface area contributed by atoms with Crippen LogP contribution >= 0.6 is 7.92 Å². The molecule has 4 aromatic carbocycles. The Morgan fingerprint density at radius 1 is 0.667 bits per heavy atom. The molecule has 1 aliphatic rings. The molecular formula is C31H29OP. The van der Waals surface area contributed by atoms with Crippen LogP contribution in [-0.2, 0) is 4.79 Å². The molecule has 0 saturated carbocycles. The minimum Gasteiger partial charge on any atom is -0.300 e. The highest BCUT2D eigenvalue weighted by atomic mass is 31.1. The molecule has 2 unspecified atom stereocenters. The molecule has 5 rings (SSSR count). The second-order valence-corrected chi connectivity index (χ2v) is 12.5. The molecular weight excluding hydrogens is 419 g/mol. The number of Topliss-reactive ketones (excluding diaryl/α,β-unsaturated/α-hetero) is 1. The summed E-state index contributed by atoms with van der Waals surface area (Å²) < 4.78 is 0. The zero-order valence-corrected chi connectivity index (χ0v) is 20.1. The van der Waals surface area contributed by atoms with Crippen LogP contribution in [0.5, 0.6) is 0 Å². The lowest BCUT2D eigenvalue weighted by Gasteiger charge is -2.46. The van der Waals surface area contributed by atoms with Crippen molar-refractivity contribution in [3.05, 3.63) is 115 Å². The van der Waals surface area contributed by atoms with Gasteiger partial charge in [-0.15, -0.1) is 0 Å². The predicted octanol–water partition coefficient (Wildman–Crippen LogP) is 8.01. The van der Waals surface area contributed by atoms with Crippen molar-refractivity contribution in [1.82, 2.24) is 0 Å². The molecule has 1 fully saturated rings. The van der Waals surface area contributed by atoms with Gasteiger partial charge >= 0.3 is 0 Å². The Kier molecular flexibility index (Phi) is 6.00. The van der Waals surface area contributed by atoms with E-state index in [1.165, 1.54) is 33.1 Å². The normalized spacial score (nSPS) is 19.9. The van der Waals surface area contributed by atoms with Crippen LogP contribution in [0.25, 0.3) is 22.3 Å². The lowest BCUT2D eigenvalue weighted by atomic mass is 9.97. The van der Waals surface area contributed by atoms with E-state index < -0.39 is 7.92 Å². The van der Waals surface area contributed by atoms with E-state index in [4.69, 9.17) is 0 Å². The SMILES string of the molecule is CC1(C)CC(=O)CC(c2ccccc2)P1c1c(-c2ccccc2)cccc1-c1ccccc1. The average molecular weight is 449 g/mol. The molecule has 1 nitrogen and oxygen atoms in total. The zero-order valence-electron chi connectivity index (χ0n) is 19.2. The number of benzene rings is 4. The van der Waals surface area contributed by atoms with E-state index in [9.17, 15) is 4.79 Å². The van der Waals surface area contributed by atoms with Crippen LogP contribution in [-0.4, -0.2) is 10.9 Å². The van der Waals surface area contributed by atoms with Crippen LogP contribution in [0.2, 0.25) is 0 Å². The Balaban J connectivity index is 1.81. The molecule has 1 aliphatic heterocycles. The van der Waals surface area contributed by atoms with Gasteiger partial charge in [-0.05, 0) is 38.3 Å². The molecule has 0 bridgehead atoms. The van der Waals surface area contributed by atoms with Crippen LogP contribution in [0.4, 0.5) is 0 Å². The average Bonchev–Trinajstić information content (AvgIpc) is 2.84.